The van der Waals surface area contributed by atoms with Crippen molar-refractivity contribution in [2.24, 2.45) is 0 Å². The number of thioether (sulfide) groups is 1. The number of hydrazine groups is 1. The molecule has 1 unspecified atom stereocenters. The van der Waals surface area contributed by atoms with Gasteiger partial charge in [0.2, 0.25) is 11.3 Å². The fraction of sp³-hybridized carbons (Fsp3) is 0.190. The first kappa shape index (κ1) is 21.0. The Hall–Kier alpha value is -3.27. The molecule has 3 aromatic rings. The molecule has 1 atom stereocenters. The molecule has 160 valence electrons. The summed E-state index contributed by atoms with van der Waals surface area (Å²) in [5.74, 6) is -0.628. The van der Waals surface area contributed by atoms with Crippen molar-refractivity contribution in [1.82, 2.24) is 15.4 Å². The molecule has 6 nitrogen and oxygen atoms in total. The van der Waals surface area contributed by atoms with Gasteiger partial charge in [0, 0.05) is 23.8 Å². The maximum absolute atomic E-state index is 13.2. The largest absolute Gasteiger partial charge is 0.418 e. The maximum atomic E-state index is 13.2. The number of pyridine rings is 1. The molecule has 2 aromatic carbocycles. The number of aromatic nitrogens is 1. The van der Waals surface area contributed by atoms with E-state index in [4.69, 9.17) is 0 Å². The van der Waals surface area contributed by atoms with Crippen LogP contribution in [-0.2, 0) is 11.0 Å². The smallest absolute Gasteiger partial charge is 0.360 e. The Kier molecular flexibility index (Phi) is 5.48. The van der Waals surface area contributed by atoms with Gasteiger partial charge in [-0.25, -0.2) is 5.01 Å². The van der Waals surface area contributed by atoms with Gasteiger partial charge in [-0.05, 0) is 17.7 Å². The molecule has 0 aliphatic carbocycles. The van der Waals surface area contributed by atoms with Crippen molar-refractivity contribution in [1.29, 1.82) is 0 Å². The van der Waals surface area contributed by atoms with Gasteiger partial charge in [-0.3, -0.25) is 19.8 Å². The predicted molar refractivity (Wildman–Crippen MR) is 110 cm³/mol. The molecule has 1 aromatic heterocycles. The second-order valence-corrected chi connectivity index (χ2v) is 8.03. The van der Waals surface area contributed by atoms with Crippen molar-refractivity contribution in [2.45, 2.75) is 18.0 Å². The Bertz CT molecular complexity index is 1210. The zero-order valence-electron chi connectivity index (χ0n) is 15.9. The van der Waals surface area contributed by atoms with E-state index in [-0.39, 0.29) is 23.3 Å². The minimum absolute atomic E-state index is 0.206. The zero-order valence-corrected chi connectivity index (χ0v) is 16.7. The second-order valence-electron chi connectivity index (χ2n) is 6.85. The van der Waals surface area contributed by atoms with Gasteiger partial charge in [0.05, 0.1) is 11.1 Å². The number of rotatable bonds is 3. The molecule has 2 heterocycles. The molecule has 2 N–H and O–H groups in total. The van der Waals surface area contributed by atoms with Crippen LogP contribution in [-0.4, -0.2) is 27.6 Å². The summed E-state index contributed by atoms with van der Waals surface area (Å²) >= 11 is 1.46. The Morgan fingerprint density at radius 3 is 2.55 bits per heavy atom. The van der Waals surface area contributed by atoms with Crippen LogP contribution in [0.1, 0.15) is 33.3 Å². The van der Waals surface area contributed by atoms with Crippen molar-refractivity contribution in [3.63, 3.8) is 0 Å². The van der Waals surface area contributed by atoms with Gasteiger partial charge in [-0.15, -0.1) is 11.8 Å². The van der Waals surface area contributed by atoms with Crippen LogP contribution in [0.3, 0.4) is 0 Å². The summed E-state index contributed by atoms with van der Waals surface area (Å²) in [4.78, 5) is 40.5. The number of amides is 2. The molecule has 10 heteroatoms. The fourth-order valence-corrected chi connectivity index (χ4v) is 4.58. The van der Waals surface area contributed by atoms with E-state index in [9.17, 15) is 27.6 Å². The third-order valence-corrected chi connectivity index (χ3v) is 6.10. The monoisotopic (exact) mass is 447 g/mol. The molecule has 31 heavy (non-hydrogen) atoms. The fourth-order valence-electron chi connectivity index (χ4n) is 3.39. The van der Waals surface area contributed by atoms with Crippen LogP contribution in [0.5, 0.6) is 0 Å². The van der Waals surface area contributed by atoms with Gasteiger partial charge >= 0.3 is 6.18 Å². The first-order valence-corrected chi connectivity index (χ1v) is 10.3. The molecule has 0 spiro atoms. The Morgan fingerprint density at radius 2 is 1.84 bits per heavy atom. The minimum atomic E-state index is -4.66. The van der Waals surface area contributed by atoms with Gasteiger partial charge in [0.15, 0.2) is 0 Å². The average molecular weight is 447 g/mol. The Labute approximate surface area is 178 Å². The van der Waals surface area contributed by atoms with Crippen LogP contribution < -0.4 is 10.9 Å². The number of para-hydroxylation sites is 1. The Morgan fingerprint density at radius 1 is 1.10 bits per heavy atom. The highest BCUT2D eigenvalue weighted by Crippen LogP contribution is 2.36. The molecule has 1 aliphatic rings. The number of H-pyrrole nitrogens is 1. The summed E-state index contributed by atoms with van der Waals surface area (Å²) in [5.41, 5.74) is 0.618. The number of halogens is 3. The highest BCUT2D eigenvalue weighted by molar-refractivity contribution is 7.99. The van der Waals surface area contributed by atoms with E-state index in [1.165, 1.54) is 22.8 Å². The quantitative estimate of drug-likeness (QED) is 0.639. The van der Waals surface area contributed by atoms with Crippen molar-refractivity contribution in [3.05, 3.63) is 81.6 Å². The number of benzene rings is 2. The molecule has 1 saturated heterocycles. The maximum Gasteiger partial charge on any atom is 0.418 e. The van der Waals surface area contributed by atoms with Gasteiger partial charge in [0.1, 0.15) is 10.9 Å². The van der Waals surface area contributed by atoms with E-state index in [1.54, 1.807) is 12.1 Å². The lowest BCUT2D eigenvalue weighted by Gasteiger charge is -2.35. The molecular formula is C21H16F3N3O3S. The minimum Gasteiger partial charge on any atom is -0.360 e. The molecule has 0 saturated carbocycles. The van der Waals surface area contributed by atoms with E-state index in [1.807, 2.05) is 18.2 Å². The number of carbonyl (C=O) groups is 2. The second kappa shape index (κ2) is 8.10. The molecule has 0 radical (unpaired) electrons. The summed E-state index contributed by atoms with van der Waals surface area (Å²) in [6, 6.07) is 12.3. The lowest BCUT2D eigenvalue weighted by molar-refractivity contribution is -0.136. The van der Waals surface area contributed by atoms with Crippen molar-refractivity contribution in [2.75, 3.05) is 5.75 Å². The van der Waals surface area contributed by atoms with E-state index >= 15 is 0 Å². The summed E-state index contributed by atoms with van der Waals surface area (Å²) < 4.78 is 39.7. The van der Waals surface area contributed by atoms with Crippen LogP contribution in [0.25, 0.3) is 10.9 Å². The van der Waals surface area contributed by atoms with Gasteiger partial charge in [-0.1, -0.05) is 36.4 Å². The molecule has 1 aliphatic heterocycles. The number of alkyl halides is 3. The summed E-state index contributed by atoms with van der Waals surface area (Å²) in [7, 11) is 0. The van der Waals surface area contributed by atoms with Crippen LogP contribution in [0.4, 0.5) is 13.2 Å². The standard InChI is InChI=1S/C21H16F3N3O3S/c22-21(23,24)15-8-4-7-13-17(15)25-11-14(18(13)29)19(30)26-27-16(28)9-10-31-20(27)12-5-2-1-3-6-12/h1-8,11,20H,9-10H2,(H,25,29)(H,26,30). The van der Waals surface area contributed by atoms with Crippen LogP contribution in [0.2, 0.25) is 0 Å². The number of fused-ring (bicyclic) bond motifs is 1. The molecule has 1 fully saturated rings. The van der Waals surface area contributed by atoms with E-state index in [0.717, 1.165) is 23.9 Å². The molecule has 0 bridgehead atoms. The third kappa shape index (κ3) is 4.02. The summed E-state index contributed by atoms with van der Waals surface area (Å²) in [6.45, 7) is 0. The van der Waals surface area contributed by atoms with Gasteiger partial charge in [-0.2, -0.15) is 13.2 Å². The first-order valence-electron chi connectivity index (χ1n) is 9.28. The lowest BCUT2D eigenvalue weighted by Crippen LogP contribution is -2.50. The van der Waals surface area contributed by atoms with Crippen molar-refractivity contribution >= 4 is 34.5 Å². The van der Waals surface area contributed by atoms with Crippen LogP contribution >= 0.6 is 11.8 Å². The number of hydrogen-bond donors (Lipinski definition) is 2. The molecule has 2 amide bonds. The summed E-state index contributed by atoms with van der Waals surface area (Å²) in [5, 5.41) is 0.422. The number of aromatic amines is 1. The predicted octanol–water partition coefficient (Wildman–Crippen LogP) is 3.86. The molecule has 4 rings (SSSR count). The van der Waals surface area contributed by atoms with E-state index in [0.29, 0.717) is 5.75 Å². The SMILES string of the molecule is O=C(NN1C(=O)CCSC1c1ccccc1)c1c[nH]c2c(C(F)(F)F)cccc2c1=O. The summed E-state index contributed by atoms with van der Waals surface area (Å²) in [6.07, 6.45) is -3.52. The third-order valence-electron chi connectivity index (χ3n) is 4.87. The van der Waals surface area contributed by atoms with Crippen LogP contribution in [0.15, 0.2) is 59.5 Å². The van der Waals surface area contributed by atoms with Crippen molar-refractivity contribution in [3.8, 4) is 0 Å². The van der Waals surface area contributed by atoms with E-state index < -0.39 is 34.0 Å². The molecular weight excluding hydrogens is 431 g/mol. The van der Waals surface area contributed by atoms with Gasteiger partial charge < -0.3 is 4.98 Å². The number of nitrogens with one attached hydrogen (secondary N) is 2. The number of carbonyl (C=O) groups excluding carboxylic acids is 2. The van der Waals surface area contributed by atoms with Crippen molar-refractivity contribution < 1.29 is 22.8 Å². The first-order chi connectivity index (χ1) is 14.8. The van der Waals surface area contributed by atoms with E-state index in [2.05, 4.69) is 10.4 Å². The zero-order chi connectivity index (χ0) is 22.2. The highest BCUT2D eigenvalue weighted by Gasteiger charge is 2.34. The van der Waals surface area contributed by atoms with Gasteiger partial charge in [0.25, 0.3) is 5.91 Å². The lowest BCUT2D eigenvalue weighted by atomic mass is 10.1. The topological polar surface area (TPSA) is 82.3 Å². The Balaban J connectivity index is 1.68. The number of hydrogen-bond acceptors (Lipinski definition) is 4. The normalized spacial score (nSPS) is 17.1. The average Bonchev–Trinajstić information content (AvgIpc) is 2.75. The number of nitrogens with zero attached hydrogens (tertiary/aromatic N) is 1. The highest BCUT2D eigenvalue weighted by atomic mass is 32.2. The van der Waals surface area contributed by atoms with Crippen LogP contribution in [0, 0.1) is 0 Å².